The van der Waals surface area contributed by atoms with Crippen molar-refractivity contribution < 1.29 is 9.90 Å². The van der Waals surface area contributed by atoms with E-state index in [-0.39, 0.29) is 23.8 Å². The third-order valence-electron chi connectivity index (χ3n) is 7.96. The molecule has 2 aliphatic rings. The molecule has 6 rings (SSSR count). The van der Waals surface area contributed by atoms with Crippen LogP contribution in [0.1, 0.15) is 39.2 Å². The lowest BCUT2D eigenvalue weighted by Gasteiger charge is -2.38. The van der Waals surface area contributed by atoms with Crippen molar-refractivity contribution in [3.8, 4) is 34.1 Å². The van der Waals surface area contributed by atoms with E-state index in [2.05, 4.69) is 43.0 Å². The molecule has 1 saturated carbocycles. The van der Waals surface area contributed by atoms with E-state index in [0.717, 1.165) is 47.8 Å². The van der Waals surface area contributed by atoms with Crippen LogP contribution in [0.3, 0.4) is 0 Å². The maximum Gasteiger partial charge on any atom is 0.251 e. The number of nitrogens with one attached hydrogen (secondary N) is 2. The molecule has 3 N–H and O–H groups in total. The lowest BCUT2D eigenvalue weighted by Crippen LogP contribution is -2.56. The van der Waals surface area contributed by atoms with Crippen LogP contribution >= 0.6 is 11.3 Å². The molecule has 1 amide bonds. The van der Waals surface area contributed by atoms with E-state index in [1.165, 1.54) is 31.4 Å². The number of carbonyl (C=O) groups is 1. The summed E-state index contributed by atoms with van der Waals surface area (Å²) in [4.78, 5) is 19.4. The zero-order chi connectivity index (χ0) is 29.6. The number of amides is 1. The Morgan fingerprint density at radius 1 is 1.17 bits per heavy atom. The summed E-state index contributed by atoms with van der Waals surface area (Å²) in [5.41, 5.74) is 2.69. The van der Waals surface area contributed by atoms with E-state index in [1.54, 1.807) is 23.7 Å². The number of aromatic nitrogens is 5. The summed E-state index contributed by atoms with van der Waals surface area (Å²) in [6.45, 7) is 6.29. The van der Waals surface area contributed by atoms with Crippen LogP contribution in [-0.2, 0) is 4.79 Å². The van der Waals surface area contributed by atoms with Gasteiger partial charge in [-0.1, -0.05) is 11.3 Å². The topological polar surface area (TPSA) is 168 Å². The predicted molar refractivity (Wildman–Crippen MR) is 157 cm³/mol. The minimum absolute atomic E-state index is 0.0405. The Bertz CT molecular complexity index is 1730. The highest BCUT2D eigenvalue weighted by Crippen LogP contribution is 2.41. The number of hydrogen-bond acceptors (Lipinski definition) is 11. The molecule has 13 heteroatoms. The van der Waals surface area contributed by atoms with E-state index >= 15 is 0 Å². The van der Waals surface area contributed by atoms with Crippen molar-refractivity contribution in [3.63, 3.8) is 0 Å². The summed E-state index contributed by atoms with van der Waals surface area (Å²) >= 11 is 1.47. The van der Waals surface area contributed by atoms with E-state index in [4.69, 9.17) is 4.98 Å². The minimum atomic E-state index is -1.41. The van der Waals surface area contributed by atoms with Gasteiger partial charge in [0.15, 0.2) is 5.01 Å². The minimum Gasteiger partial charge on any atom is -0.381 e. The van der Waals surface area contributed by atoms with Gasteiger partial charge in [0.05, 0.1) is 40.3 Å². The van der Waals surface area contributed by atoms with Crippen LogP contribution in [-0.4, -0.2) is 66.6 Å². The standard InChI is InChI=1S/C29H30N10O2S/c1-16(10-30)34-22-9-23(24-7-6-20-8-17(11-31)12-33-39(20)24)32-13-21(22)26-36-37-28(42-26)38-14-18-4-5-19(15-38)25(18)35-27(40)29(2,3)41/h6-9,12-13,16,18-19,25,41H,4-5,14-15H2,1-3H3,(H,32,34)(H,35,40)/t16-,18-,19+,25?/m1/s1. The number of piperidine rings is 1. The first-order valence-corrected chi connectivity index (χ1v) is 14.6. The number of nitriles is 2. The molecule has 42 heavy (non-hydrogen) atoms. The number of pyridine rings is 1. The van der Waals surface area contributed by atoms with Crippen molar-refractivity contribution in [2.24, 2.45) is 11.8 Å². The van der Waals surface area contributed by atoms with Gasteiger partial charge < -0.3 is 20.6 Å². The van der Waals surface area contributed by atoms with Crippen LogP contribution < -0.4 is 15.5 Å². The van der Waals surface area contributed by atoms with Crippen LogP contribution in [0.4, 0.5) is 10.8 Å². The normalized spacial score (nSPS) is 20.6. The number of anilines is 2. The van der Waals surface area contributed by atoms with Crippen LogP contribution in [0.15, 0.2) is 36.7 Å². The molecule has 5 heterocycles. The van der Waals surface area contributed by atoms with Gasteiger partial charge in [-0.2, -0.15) is 15.6 Å². The Labute approximate surface area is 246 Å². The van der Waals surface area contributed by atoms with Crippen molar-refractivity contribution in [2.75, 3.05) is 23.3 Å². The van der Waals surface area contributed by atoms with Crippen LogP contribution in [0, 0.1) is 34.5 Å². The summed E-state index contributed by atoms with van der Waals surface area (Å²) in [6, 6.07) is 11.3. The monoisotopic (exact) mass is 582 g/mol. The fraction of sp³-hybridized carbons (Fsp3) is 0.414. The molecule has 1 unspecified atom stereocenters. The zero-order valence-electron chi connectivity index (χ0n) is 23.4. The Morgan fingerprint density at radius 3 is 2.62 bits per heavy atom. The van der Waals surface area contributed by atoms with Crippen LogP contribution in [0.2, 0.25) is 0 Å². The molecular formula is C29H30N10O2S. The van der Waals surface area contributed by atoms with E-state index < -0.39 is 11.6 Å². The van der Waals surface area contributed by atoms with Crippen molar-refractivity contribution in [1.82, 2.24) is 30.1 Å². The van der Waals surface area contributed by atoms with E-state index in [9.17, 15) is 20.4 Å². The smallest absolute Gasteiger partial charge is 0.251 e. The lowest BCUT2D eigenvalue weighted by molar-refractivity contribution is -0.137. The average Bonchev–Trinajstić information content (AvgIpc) is 3.68. The Kier molecular flexibility index (Phi) is 7.01. The third-order valence-corrected chi connectivity index (χ3v) is 8.98. The number of nitrogens with zero attached hydrogens (tertiary/aromatic N) is 8. The van der Waals surface area contributed by atoms with Crippen molar-refractivity contribution in [2.45, 2.75) is 51.3 Å². The van der Waals surface area contributed by atoms with Gasteiger partial charge in [0.1, 0.15) is 17.7 Å². The Morgan fingerprint density at radius 2 is 1.93 bits per heavy atom. The second kappa shape index (κ2) is 10.7. The van der Waals surface area contributed by atoms with Gasteiger partial charge in [0.25, 0.3) is 5.91 Å². The quantitative estimate of drug-likeness (QED) is 0.294. The summed E-state index contributed by atoms with van der Waals surface area (Å²) in [7, 11) is 0. The second-order valence-electron chi connectivity index (χ2n) is 11.5. The van der Waals surface area contributed by atoms with Gasteiger partial charge in [-0.05, 0) is 69.7 Å². The molecule has 4 aromatic rings. The molecule has 1 aliphatic heterocycles. The van der Waals surface area contributed by atoms with Gasteiger partial charge in [-0.25, -0.2) is 4.52 Å². The van der Waals surface area contributed by atoms with Crippen LogP contribution in [0.5, 0.6) is 0 Å². The predicted octanol–water partition coefficient (Wildman–Crippen LogP) is 3.21. The largest absolute Gasteiger partial charge is 0.381 e. The maximum absolute atomic E-state index is 12.4. The molecular weight excluding hydrogens is 552 g/mol. The highest BCUT2D eigenvalue weighted by molar-refractivity contribution is 7.18. The first-order chi connectivity index (χ1) is 20.1. The van der Waals surface area contributed by atoms with Gasteiger partial charge in [-0.15, -0.1) is 10.2 Å². The SMILES string of the molecule is C[C@H](C#N)Nc1cc(-c2ccc3cc(C#N)cnn23)ncc1-c1nnc(N2C[C@H]3CC[C@@H](C2)C3NC(=O)C(C)(C)O)s1. The first kappa shape index (κ1) is 27.6. The van der Waals surface area contributed by atoms with Gasteiger partial charge in [0.2, 0.25) is 5.13 Å². The van der Waals surface area contributed by atoms with Gasteiger partial charge >= 0.3 is 0 Å². The number of fused-ring (bicyclic) bond motifs is 3. The number of carbonyl (C=O) groups excluding carboxylic acids is 1. The Balaban J connectivity index is 1.27. The molecule has 2 bridgehead atoms. The molecule has 0 spiro atoms. The summed E-state index contributed by atoms with van der Waals surface area (Å²) < 4.78 is 1.73. The van der Waals surface area contributed by atoms with Crippen molar-refractivity contribution >= 4 is 33.6 Å². The molecule has 0 radical (unpaired) electrons. The number of hydrogen-bond donors (Lipinski definition) is 3. The highest BCUT2D eigenvalue weighted by atomic mass is 32.1. The van der Waals surface area contributed by atoms with Crippen molar-refractivity contribution in [3.05, 3.63) is 42.2 Å². The van der Waals surface area contributed by atoms with Crippen LogP contribution in [0.25, 0.3) is 27.5 Å². The fourth-order valence-electron chi connectivity index (χ4n) is 5.80. The summed E-state index contributed by atoms with van der Waals surface area (Å²) in [5, 5.41) is 50.1. The molecule has 2 fully saturated rings. The van der Waals surface area contributed by atoms with Crippen molar-refractivity contribution in [1.29, 1.82) is 10.5 Å². The maximum atomic E-state index is 12.4. The molecule has 0 aromatic carbocycles. The molecule has 1 saturated heterocycles. The zero-order valence-corrected chi connectivity index (χ0v) is 24.3. The first-order valence-electron chi connectivity index (χ1n) is 13.8. The number of aliphatic hydroxyl groups is 1. The van der Waals surface area contributed by atoms with Gasteiger partial charge in [0, 0.05) is 31.0 Å². The molecule has 1 aliphatic carbocycles. The van der Waals surface area contributed by atoms with Gasteiger partial charge in [-0.3, -0.25) is 9.78 Å². The highest BCUT2D eigenvalue weighted by Gasteiger charge is 2.44. The second-order valence-corrected chi connectivity index (χ2v) is 12.4. The molecule has 4 aromatic heterocycles. The molecule has 214 valence electrons. The Hall–Kier alpha value is -4.59. The molecule has 4 atom stereocenters. The summed E-state index contributed by atoms with van der Waals surface area (Å²) in [5.74, 6) is 0.202. The van der Waals surface area contributed by atoms with E-state index in [0.29, 0.717) is 22.0 Å². The fourth-order valence-corrected chi connectivity index (χ4v) is 6.69. The summed E-state index contributed by atoms with van der Waals surface area (Å²) in [6.07, 6.45) is 5.27. The third kappa shape index (κ3) is 5.13. The van der Waals surface area contributed by atoms with E-state index in [1.807, 2.05) is 18.2 Å². The molecule has 12 nitrogen and oxygen atoms in total. The average molecular weight is 583 g/mol. The number of rotatable bonds is 7. The lowest BCUT2D eigenvalue weighted by atomic mass is 9.91.